The zero-order valence-corrected chi connectivity index (χ0v) is 35.9. The standard InChI is InChI=1S/2C14H30.C8H10O.C5H8N2O.C3H8.C2H6/c2*1-3-5-7-9-11-13-14-12-10-8-6-4-2;1-9-7-8-5-3-2-4-6-8;1-8-5-7-3-2-6-4-7;1-3-2;1-2/h2*3-14H2,1-2H3;2-6H,7H2,1H3;2-4H,5H2,1H3;3H2,1-2H3;1-2H3. The van der Waals surface area contributed by atoms with Crippen molar-refractivity contribution in [3.63, 3.8) is 0 Å². The van der Waals surface area contributed by atoms with Crippen LogP contribution in [0.4, 0.5) is 0 Å². The Morgan fingerprint density at radius 3 is 1.04 bits per heavy atom. The van der Waals surface area contributed by atoms with Gasteiger partial charge in [-0.2, -0.15) is 0 Å². The third kappa shape index (κ3) is 55.8. The summed E-state index contributed by atoms with van der Waals surface area (Å²) in [5.74, 6) is 0. The number of rotatable bonds is 26. The third-order valence-electron chi connectivity index (χ3n) is 7.91. The molecule has 0 bridgehead atoms. The van der Waals surface area contributed by atoms with Gasteiger partial charge >= 0.3 is 0 Å². The van der Waals surface area contributed by atoms with Crippen LogP contribution in [0.5, 0.6) is 0 Å². The van der Waals surface area contributed by atoms with Gasteiger partial charge in [0, 0.05) is 26.6 Å². The summed E-state index contributed by atoms with van der Waals surface area (Å²) in [6, 6.07) is 10.1. The van der Waals surface area contributed by atoms with E-state index in [-0.39, 0.29) is 0 Å². The lowest BCUT2D eigenvalue weighted by atomic mass is 10.1. The molecule has 0 aliphatic heterocycles. The smallest absolute Gasteiger partial charge is 0.123 e. The lowest BCUT2D eigenvalue weighted by Gasteiger charge is -2.01. The molecule has 0 amide bonds. The first-order chi connectivity index (χ1) is 24.6. The molecule has 2 rings (SSSR count). The van der Waals surface area contributed by atoms with Crippen LogP contribution in [-0.2, 0) is 22.8 Å². The molecule has 0 N–H and O–H groups in total. The van der Waals surface area contributed by atoms with Gasteiger partial charge in [0.25, 0.3) is 0 Å². The summed E-state index contributed by atoms with van der Waals surface area (Å²) in [5.41, 5.74) is 1.22. The fourth-order valence-corrected chi connectivity index (χ4v) is 5.08. The highest BCUT2D eigenvalue weighted by Gasteiger charge is 1.93. The number of aromatic nitrogens is 2. The molecule has 0 fully saturated rings. The zero-order valence-electron chi connectivity index (χ0n) is 35.9. The monoisotopic (exact) mass is 705 g/mol. The van der Waals surface area contributed by atoms with Gasteiger partial charge in [-0.25, -0.2) is 4.98 Å². The average Bonchev–Trinajstić information content (AvgIpc) is 3.66. The topological polar surface area (TPSA) is 36.3 Å². The minimum absolute atomic E-state index is 0.583. The van der Waals surface area contributed by atoms with Crippen molar-refractivity contribution < 1.29 is 9.47 Å². The van der Waals surface area contributed by atoms with Crippen LogP contribution in [0.3, 0.4) is 0 Å². The van der Waals surface area contributed by atoms with E-state index in [0.29, 0.717) is 13.3 Å². The van der Waals surface area contributed by atoms with Crippen molar-refractivity contribution >= 4 is 0 Å². The van der Waals surface area contributed by atoms with Gasteiger partial charge < -0.3 is 14.0 Å². The molecule has 0 aliphatic carbocycles. The van der Waals surface area contributed by atoms with Crippen molar-refractivity contribution in [2.24, 2.45) is 0 Å². The van der Waals surface area contributed by atoms with E-state index >= 15 is 0 Å². The maximum atomic E-state index is 4.93. The second-order valence-corrected chi connectivity index (χ2v) is 13.2. The van der Waals surface area contributed by atoms with Crippen LogP contribution < -0.4 is 0 Å². The number of ether oxygens (including phenoxy) is 2. The first-order valence-electron chi connectivity index (χ1n) is 21.6. The number of imidazole rings is 1. The number of methoxy groups -OCH3 is 2. The Labute approximate surface area is 316 Å². The summed E-state index contributed by atoms with van der Waals surface area (Å²) in [6.45, 7) is 18.7. The molecule has 50 heavy (non-hydrogen) atoms. The normalized spacial score (nSPS) is 9.72. The Morgan fingerprint density at radius 2 is 0.800 bits per heavy atom. The summed E-state index contributed by atoms with van der Waals surface area (Å²) in [7, 11) is 3.35. The molecule has 0 aliphatic rings. The predicted octanol–water partition coefficient (Wildman–Crippen LogP) is 16.2. The Hall–Kier alpha value is -1.65. The zero-order chi connectivity index (χ0) is 38.0. The molecule has 298 valence electrons. The molecule has 2 aromatic rings. The SMILES string of the molecule is CC.CCC.CCCCCCCCCCCCCC.CCCCCCCCCCCCCC.COCc1ccccc1.COCn1ccnc1. The van der Waals surface area contributed by atoms with E-state index < -0.39 is 0 Å². The van der Waals surface area contributed by atoms with Crippen molar-refractivity contribution in [3.8, 4) is 0 Å². The van der Waals surface area contributed by atoms with E-state index in [4.69, 9.17) is 9.47 Å². The van der Waals surface area contributed by atoms with Crippen LogP contribution in [0.1, 0.15) is 221 Å². The molecule has 1 heterocycles. The van der Waals surface area contributed by atoms with Gasteiger partial charge in [0.2, 0.25) is 0 Å². The van der Waals surface area contributed by atoms with E-state index in [9.17, 15) is 0 Å². The summed E-state index contributed by atoms with van der Waals surface area (Å²) in [6.07, 6.45) is 41.4. The highest BCUT2D eigenvalue weighted by atomic mass is 16.5. The maximum absolute atomic E-state index is 4.93. The summed E-state index contributed by atoms with van der Waals surface area (Å²) in [5, 5.41) is 0. The number of hydrogen-bond acceptors (Lipinski definition) is 3. The van der Waals surface area contributed by atoms with Crippen LogP contribution in [0.2, 0.25) is 0 Å². The van der Waals surface area contributed by atoms with Crippen molar-refractivity contribution in [3.05, 3.63) is 54.6 Å². The fourth-order valence-electron chi connectivity index (χ4n) is 5.08. The average molecular weight is 705 g/mol. The first-order valence-corrected chi connectivity index (χ1v) is 21.6. The van der Waals surface area contributed by atoms with Gasteiger partial charge in [-0.1, -0.05) is 246 Å². The molecule has 0 saturated carbocycles. The van der Waals surface area contributed by atoms with Gasteiger partial charge in [-0.05, 0) is 5.56 Å². The molecule has 1 aromatic carbocycles. The minimum atomic E-state index is 0.583. The Kier molecular flexibility index (Phi) is 62.5. The molecule has 0 unspecified atom stereocenters. The van der Waals surface area contributed by atoms with E-state index in [1.54, 1.807) is 26.7 Å². The molecule has 0 atom stereocenters. The van der Waals surface area contributed by atoms with Crippen molar-refractivity contribution in [2.75, 3.05) is 14.2 Å². The number of hydrogen-bond donors (Lipinski definition) is 0. The molecule has 0 saturated heterocycles. The van der Waals surface area contributed by atoms with E-state index in [2.05, 4.69) is 46.5 Å². The summed E-state index contributed by atoms with van der Waals surface area (Å²) >= 11 is 0. The largest absolute Gasteiger partial charge is 0.380 e. The summed E-state index contributed by atoms with van der Waals surface area (Å²) < 4.78 is 11.6. The highest BCUT2D eigenvalue weighted by Crippen LogP contribution is 2.12. The second kappa shape index (κ2) is 56.7. The second-order valence-electron chi connectivity index (χ2n) is 13.2. The van der Waals surface area contributed by atoms with E-state index in [0.717, 1.165) is 0 Å². The van der Waals surface area contributed by atoms with E-state index in [1.165, 1.54) is 166 Å². The number of benzene rings is 1. The summed E-state index contributed by atoms with van der Waals surface area (Å²) in [4.78, 5) is 3.82. The molecule has 0 spiro atoms. The first kappa shape index (κ1) is 55.1. The maximum Gasteiger partial charge on any atom is 0.123 e. The Bertz CT molecular complexity index is 688. The Morgan fingerprint density at radius 1 is 0.480 bits per heavy atom. The molecule has 0 radical (unpaired) electrons. The predicted molar refractivity (Wildman–Crippen MR) is 227 cm³/mol. The molecule has 4 nitrogen and oxygen atoms in total. The van der Waals surface area contributed by atoms with Gasteiger partial charge in [0.15, 0.2) is 0 Å². The van der Waals surface area contributed by atoms with Crippen LogP contribution in [0, 0.1) is 0 Å². The van der Waals surface area contributed by atoms with Crippen LogP contribution in [-0.4, -0.2) is 23.8 Å². The molecule has 1 aromatic heterocycles. The van der Waals surface area contributed by atoms with Crippen LogP contribution in [0.15, 0.2) is 49.1 Å². The molecular formula is C46H92N2O2. The number of nitrogens with zero attached hydrogens (tertiary/aromatic N) is 2. The van der Waals surface area contributed by atoms with Crippen molar-refractivity contribution in [1.29, 1.82) is 0 Å². The lowest BCUT2D eigenvalue weighted by Crippen LogP contribution is -1.94. The van der Waals surface area contributed by atoms with Crippen LogP contribution >= 0.6 is 0 Å². The van der Waals surface area contributed by atoms with E-state index in [1.807, 2.05) is 54.9 Å². The quantitative estimate of drug-likeness (QED) is 0.0915. The molecule has 4 heteroatoms. The van der Waals surface area contributed by atoms with Crippen LogP contribution in [0.25, 0.3) is 0 Å². The fraction of sp³-hybridized carbons (Fsp3) is 0.804. The molecular weight excluding hydrogens is 613 g/mol. The van der Waals surface area contributed by atoms with Gasteiger partial charge in [-0.3, -0.25) is 0 Å². The van der Waals surface area contributed by atoms with Crippen molar-refractivity contribution in [1.82, 2.24) is 9.55 Å². The van der Waals surface area contributed by atoms with Crippen molar-refractivity contribution in [2.45, 2.75) is 229 Å². The van der Waals surface area contributed by atoms with Gasteiger partial charge in [-0.15, -0.1) is 0 Å². The van der Waals surface area contributed by atoms with Gasteiger partial charge in [0.1, 0.15) is 6.73 Å². The third-order valence-corrected chi connectivity index (χ3v) is 7.91. The lowest BCUT2D eigenvalue weighted by molar-refractivity contribution is 0.131. The Balaban J connectivity index is -0.000000275. The highest BCUT2D eigenvalue weighted by molar-refractivity contribution is 5.13. The minimum Gasteiger partial charge on any atom is -0.380 e. The van der Waals surface area contributed by atoms with Gasteiger partial charge in [0.05, 0.1) is 12.9 Å². The number of unbranched alkanes of at least 4 members (excludes halogenated alkanes) is 22.